The normalized spacial score (nSPS) is 9.75. The van der Waals surface area contributed by atoms with Gasteiger partial charge in [0.2, 0.25) is 6.36 Å². The SMILES string of the molecule is C.C.C.C.C.C.CC(F)C(C)(C)CF.CCCF.OC(F)CF.[Rf]. The van der Waals surface area contributed by atoms with E-state index in [1.807, 2.05) is 0 Å². The third-order valence-electron chi connectivity index (χ3n) is 1.74. The summed E-state index contributed by atoms with van der Waals surface area (Å²) in [6.45, 7) is 4.24. The number of aliphatic hydroxyl groups is 1. The molecule has 7 heteroatoms. The van der Waals surface area contributed by atoms with Gasteiger partial charge < -0.3 is 5.11 Å². The Balaban J connectivity index is -0.0000000140. The zero-order chi connectivity index (χ0) is 14.5. The first-order valence-electron chi connectivity index (χ1n) is 5.33. The number of rotatable bonds is 4. The van der Waals surface area contributed by atoms with Crippen LogP contribution in [-0.4, -0.2) is 37.7 Å². The summed E-state index contributed by atoms with van der Waals surface area (Å²) in [6.07, 6.45) is -2.69. The van der Waals surface area contributed by atoms with Crippen molar-refractivity contribution < 1.29 is 27.1 Å². The van der Waals surface area contributed by atoms with Crippen LogP contribution in [0.25, 0.3) is 0 Å². The van der Waals surface area contributed by atoms with Gasteiger partial charge >= 0.3 is 0 Å². The van der Waals surface area contributed by atoms with Gasteiger partial charge in [0.05, 0.1) is 13.3 Å². The predicted molar refractivity (Wildman–Crippen MR) is 100 cm³/mol. The fourth-order valence-corrected chi connectivity index (χ4v) is 0.106. The van der Waals surface area contributed by atoms with Crippen LogP contribution in [0.2, 0.25) is 0 Å². The van der Waals surface area contributed by atoms with Gasteiger partial charge in [-0.2, -0.15) is 0 Å². The van der Waals surface area contributed by atoms with Crippen LogP contribution in [0.3, 0.4) is 0 Å². The molecule has 1 N–H and O–H groups in total. The first kappa shape index (κ1) is 66.4. The van der Waals surface area contributed by atoms with E-state index in [0.29, 0.717) is 6.42 Å². The maximum Gasteiger partial charge on any atom is 0.225 e. The van der Waals surface area contributed by atoms with Gasteiger partial charge in [-0.05, 0) is 13.3 Å². The summed E-state index contributed by atoms with van der Waals surface area (Å²) in [5.41, 5.74) is -0.792. The van der Waals surface area contributed by atoms with Crippen molar-refractivity contribution in [1.82, 2.24) is 0 Å². The molecule has 2 unspecified atom stereocenters. The number of alkyl halides is 5. The zero-order valence-corrected chi connectivity index (χ0v) is 17.9. The van der Waals surface area contributed by atoms with Crippen molar-refractivity contribution in [2.75, 3.05) is 20.0 Å². The van der Waals surface area contributed by atoms with Crippen LogP contribution in [0.1, 0.15) is 78.7 Å². The van der Waals surface area contributed by atoms with E-state index in [0.717, 1.165) is 0 Å². The van der Waals surface area contributed by atoms with Crippen LogP contribution >= 0.6 is 0 Å². The summed E-state index contributed by atoms with van der Waals surface area (Å²) in [7, 11) is 0. The number of halogens is 5. The monoisotopic (exact) mass is 629 g/mol. The third kappa shape index (κ3) is 70.4. The molecule has 0 saturated heterocycles. The zero-order valence-electron chi connectivity index (χ0n) is 11.5. The average molecular weight is 630 g/mol. The van der Waals surface area contributed by atoms with E-state index in [4.69, 9.17) is 5.11 Å². The van der Waals surface area contributed by atoms with Gasteiger partial charge in [-0.25, -0.2) is 13.2 Å². The molecule has 0 rings (SSSR count). The molecule has 0 aliphatic rings. The molecule has 0 aromatic heterocycles. The maximum atomic E-state index is 12.2. The molecule has 0 aliphatic heterocycles. The molecule has 2 atom stereocenters. The quantitative estimate of drug-likeness (QED) is 0.315. The van der Waals surface area contributed by atoms with E-state index in [-0.39, 0.29) is 51.2 Å². The summed E-state index contributed by atoms with van der Waals surface area (Å²) in [4.78, 5) is 0. The molecule has 1 nitrogen and oxygen atoms in total. The van der Waals surface area contributed by atoms with Crippen LogP contribution in [0.4, 0.5) is 22.0 Å². The molecule has 0 aromatic carbocycles. The van der Waals surface area contributed by atoms with Gasteiger partial charge in [-0.1, -0.05) is 65.3 Å². The molecule has 0 radical (unpaired) electrons. The van der Waals surface area contributed by atoms with Gasteiger partial charge in [-0.3, -0.25) is 8.78 Å². The smallest absolute Gasteiger partial charge is 0.225 e. The van der Waals surface area contributed by atoms with Crippen molar-refractivity contribution in [3.05, 3.63) is 0 Å². The predicted octanol–water partition coefficient (Wildman–Crippen LogP) is 7.77. The van der Waals surface area contributed by atoms with Crippen LogP contribution < -0.4 is 0 Å². The third-order valence-corrected chi connectivity index (χ3v) is 1.74. The maximum absolute atomic E-state index is 12.2. The van der Waals surface area contributed by atoms with Crippen LogP contribution in [0, 0.1) is 5.41 Å². The van der Waals surface area contributed by atoms with E-state index in [9.17, 15) is 22.0 Å². The molecule has 24 heavy (non-hydrogen) atoms. The summed E-state index contributed by atoms with van der Waals surface area (Å²) in [6, 6.07) is 0. The number of hydrogen-bond donors (Lipinski definition) is 1. The van der Waals surface area contributed by atoms with Gasteiger partial charge in [0.1, 0.15) is 12.8 Å². The standard InChI is InChI=1S/C6H12F2.C3H7F.C2H4F2O.6CH4.Rf/c1-5(8)6(2,3)4-7;1-2-3-4;3-1-2(4)5;;;;;;;/h5H,4H2,1-3H3;2-3H2,1H3;2,5H,1H2;6*1H4;. The summed E-state index contributed by atoms with van der Waals surface area (Å²) in [5, 5.41) is 7.32. The van der Waals surface area contributed by atoms with E-state index >= 15 is 0 Å². The van der Waals surface area contributed by atoms with E-state index in [1.165, 1.54) is 6.92 Å². The molecule has 0 fully saturated rings. The second-order valence-corrected chi connectivity index (χ2v) is 4.02. The van der Waals surface area contributed by atoms with Crippen molar-refractivity contribution in [3.63, 3.8) is 0 Å². The van der Waals surface area contributed by atoms with Gasteiger partial charge in [0, 0.05) is 5.41 Å². The number of aliphatic hydroxyl groups excluding tert-OH is 1. The Bertz CT molecular complexity index is 147. The molecule has 0 spiro atoms. The second-order valence-electron chi connectivity index (χ2n) is 4.02. The van der Waals surface area contributed by atoms with Gasteiger partial charge in [0.25, 0.3) is 0 Å². The van der Waals surface area contributed by atoms with Gasteiger partial charge in [0.15, 0.2) is 0 Å². The van der Waals surface area contributed by atoms with Crippen molar-refractivity contribution in [1.29, 1.82) is 0 Å². The second kappa shape index (κ2) is 43.0. The fraction of sp³-hybridized carbons (Fsp3) is 1.00. The minimum absolute atomic E-state index is 0. The molecule has 0 aliphatic carbocycles. The topological polar surface area (TPSA) is 20.2 Å². The molecular weight excluding hydrogens is 582 g/mol. The molecular formula is C17H47F5ORf. The van der Waals surface area contributed by atoms with Crippen LogP contribution in [0.5, 0.6) is 0 Å². The summed E-state index contributed by atoms with van der Waals surface area (Å²) >= 11 is 0. The minimum atomic E-state index is -2.28. The van der Waals surface area contributed by atoms with Crippen LogP contribution in [-0.2, 0) is 0 Å². The van der Waals surface area contributed by atoms with Crippen molar-refractivity contribution in [2.24, 2.45) is 5.41 Å². The molecule has 0 amide bonds. The fourth-order valence-electron chi connectivity index (χ4n) is 0.106. The largest absolute Gasteiger partial charge is 0.362 e. The molecule has 0 aromatic rings. The Hall–Kier alpha value is -1.39. The summed E-state index contributed by atoms with van der Waals surface area (Å²) in [5.74, 6) is 0. The minimum Gasteiger partial charge on any atom is -0.362 e. The van der Waals surface area contributed by atoms with Gasteiger partial charge in [-0.15, -0.1) is 0 Å². The Kier molecular flexibility index (Phi) is 119. The summed E-state index contributed by atoms with van der Waals surface area (Å²) < 4.78 is 55.8. The molecule has 0 saturated carbocycles. The van der Waals surface area contributed by atoms with Crippen LogP contribution in [0.15, 0.2) is 0 Å². The Labute approximate surface area is 144 Å². The molecule has 0 heterocycles. The van der Waals surface area contributed by atoms with Crippen molar-refractivity contribution in [2.45, 2.75) is 91.2 Å². The molecule has 158 valence electrons. The van der Waals surface area contributed by atoms with E-state index < -0.39 is 31.3 Å². The Morgan fingerprint density at radius 3 is 1.08 bits per heavy atom. The average Bonchev–Trinajstić information content (AvgIpc) is 2.29. The Morgan fingerprint density at radius 1 is 0.875 bits per heavy atom. The first-order valence-corrected chi connectivity index (χ1v) is 5.33. The van der Waals surface area contributed by atoms with E-state index in [2.05, 4.69) is 0 Å². The Morgan fingerprint density at radius 2 is 1.08 bits per heavy atom. The first-order chi connectivity index (χ1) is 7.69. The van der Waals surface area contributed by atoms with E-state index in [1.54, 1.807) is 20.8 Å². The van der Waals surface area contributed by atoms with Crippen molar-refractivity contribution in [3.8, 4) is 0 Å². The number of hydrogen-bond acceptors (Lipinski definition) is 1. The molecule has 0 bridgehead atoms. The van der Waals surface area contributed by atoms with Crippen molar-refractivity contribution >= 4 is 0 Å².